The minimum Gasteiger partial charge on any atom is -0.486 e. The highest BCUT2D eigenvalue weighted by Crippen LogP contribution is 2.52. The fourth-order valence-corrected chi connectivity index (χ4v) is 9.85. The Morgan fingerprint density at radius 2 is 1.90 bits per heavy atom. The maximum absolute atomic E-state index is 17.5. The van der Waals surface area contributed by atoms with Gasteiger partial charge in [-0.05, 0) is 65.4 Å². The monoisotopic (exact) mass is 745 g/mol. The number of hydrogen-bond donors (Lipinski definition) is 2. The Kier molecular flexibility index (Phi) is 8.53. The van der Waals surface area contributed by atoms with Gasteiger partial charge in [-0.15, -0.1) is 11.3 Å². The predicted molar refractivity (Wildman–Crippen MR) is 200 cm³/mol. The number of rotatable bonds is 6. The van der Waals surface area contributed by atoms with Crippen molar-refractivity contribution in [3.8, 4) is 29.0 Å². The van der Waals surface area contributed by atoms with Crippen molar-refractivity contribution in [1.82, 2.24) is 24.8 Å². The molecule has 6 atom stereocenters. The lowest BCUT2D eigenvalue weighted by Crippen LogP contribution is -2.61. The summed E-state index contributed by atoms with van der Waals surface area (Å²) in [5.41, 5.74) is 13.3. The third kappa shape index (κ3) is 5.28. The molecule has 1 unspecified atom stereocenters. The van der Waals surface area contributed by atoms with Crippen molar-refractivity contribution in [1.29, 1.82) is 5.26 Å². The van der Waals surface area contributed by atoms with E-state index < -0.39 is 17.7 Å². The summed E-state index contributed by atoms with van der Waals surface area (Å²) in [6.07, 6.45) is 2.95. The average Bonchev–Trinajstić information content (AvgIpc) is 3.51. The summed E-state index contributed by atoms with van der Waals surface area (Å²) in [5.74, 6) is -0.518. The van der Waals surface area contributed by atoms with Crippen LogP contribution in [0.15, 0.2) is 30.5 Å². The van der Waals surface area contributed by atoms with Gasteiger partial charge in [0.1, 0.15) is 46.2 Å². The molecule has 3 aliphatic rings. The number of nitrogens with zero attached hydrogens (tertiary/aromatic N) is 7. The number of benzene rings is 2. The number of fused-ring (bicyclic) bond motifs is 3. The van der Waals surface area contributed by atoms with E-state index in [0.717, 1.165) is 36.3 Å². The molecule has 4 N–H and O–H groups in total. The molecule has 0 spiro atoms. The molecule has 6 heterocycles. The number of ether oxygens (including phenoxy) is 2. The maximum atomic E-state index is 17.5. The van der Waals surface area contributed by atoms with Crippen LogP contribution in [0.3, 0.4) is 0 Å². The topological polar surface area (TPSA) is 143 Å². The van der Waals surface area contributed by atoms with Crippen LogP contribution >= 0.6 is 22.9 Å². The molecule has 5 aromatic rings. The number of halogens is 3. The molecule has 2 aromatic carbocycles. The van der Waals surface area contributed by atoms with Crippen molar-refractivity contribution in [2.24, 2.45) is 0 Å². The highest BCUT2D eigenvalue weighted by molar-refractivity contribution is 7.23. The van der Waals surface area contributed by atoms with Gasteiger partial charge in [0.25, 0.3) is 0 Å². The molecule has 0 saturated carbocycles. The van der Waals surface area contributed by atoms with Gasteiger partial charge in [-0.2, -0.15) is 15.2 Å². The summed E-state index contributed by atoms with van der Waals surface area (Å²) in [4.78, 5) is 20.8. The maximum Gasteiger partial charge on any atom is 0.319 e. The number of hydrogen-bond acceptors (Lipinski definition) is 12. The van der Waals surface area contributed by atoms with Gasteiger partial charge in [0, 0.05) is 41.3 Å². The molecular formula is C37H38ClF2N9O2S. The molecule has 11 nitrogen and oxygen atoms in total. The Morgan fingerprint density at radius 1 is 1.12 bits per heavy atom. The first-order chi connectivity index (χ1) is 24.9. The second-order valence-corrected chi connectivity index (χ2v) is 15.5. The standard InChI is InChI=1S/C37H38ClF2N9O2S/c1-16-14-49(17(2)20-7-6-12-44-34(20)42)36-27-30(45-37(46-36)51-18(3)31-24-11-8-19(48(24)5)15-47(31)4)29(40)26(28(38)32(27)50-16)21-9-10-23(39)33-25(21)22(13-41)35(43)52-33/h6-7,9-10,12,16-19,24,31H,8,11,14-15,43H2,1-5H3,(H2,42,44)/t16-,17+,18?,19+,24-,31+/m0/s1. The molecule has 2 bridgehead atoms. The molecule has 8 rings (SSSR count). The van der Waals surface area contributed by atoms with Crippen LogP contribution in [0.2, 0.25) is 5.02 Å². The minimum atomic E-state index is -0.800. The number of nitrogen functional groups attached to an aromatic ring is 2. The molecule has 15 heteroatoms. The Labute approximate surface area is 308 Å². The number of anilines is 3. The van der Waals surface area contributed by atoms with Crippen molar-refractivity contribution in [3.05, 3.63) is 58.2 Å². The summed E-state index contributed by atoms with van der Waals surface area (Å²) >= 11 is 8.08. The van der Waals surface area contributed by atoms with Gasteiger partial charge in [-0.3, -0.25) is 9.80 Å². The Hall–Kier alpha value is -4.55. The van der Waals surface area contributed by atoms with Gasteiger partial charge < -0.3 is 25.8 Å². The highest BCUT2D eigenvalue weighted by Gasteiger charge is 2.46. The summed E-state index contributed by atoms with van der Waals surface area (Å²) in [7, 11) is 4.27. The summed E-state index contributed by atoms with van der Waals surface area (Å²) in [5, 5.41) is 10.5. The summed E-state index contributed by atoms with van der Waals surface area (Å²) in [6, 6.07) is 8.79. The first kappa shape index (κ1) is 34.5. The van der Waals surface area contributed by atoms with Crippen molar-refractivity contribution >= 4 is 60.6 Å². The number of thiophene rings is 1. The second-order valence-electron chi connectivity index (χ2n) is 14.1. The van der Waals surface area contributed by atoms with E-state index in [-0.39, 0.29) is 83.7 Å². The first-order valence-electron chi connectivity index (χ1n) is 17.3. The lowest BCUT2D eigenvalue weighted by Gasteiger charge is -2.45. The summed E-state index contributed by atoms with van der Waals surface area (Å²) < 4.78 is 45.9. The van der Waals surface area contributed by atoms with Crippen molar-refractivity contribution < 1.29 is 18.3 Å². The highest BCUT2D eigenvalue weighted by atomic mass is 35.5. The zero-order chi connectivity index (χ0) is 36.7. The zero-order valence-electron chi connectivity index (χ0n) is 29.3. The van der Waals surface area contributed by atoms with Crippen molar-refractivity contribution in [2.45, 2.75) is 70.0 Å². The van der Waals surface area contributed by atoms with E-state index in [4.69, 9.17) is 42.5 Å². The van der Waals surface area contributed by atoms with Crippen LogP contribution < -0.4 is 25.8 Å². The molecule has 3 aromatic heterocycles. The van der Waals surface area contributed by atoms with Crippen LogP contribution in [0.5, 0.6) is 11.8 Å². The van der Waals surface area contributed by atoms with E-state index in [0.29, 0.717) is 24.2 Å². The van der Waals surface area contributed by atoms with Crippen molar-refractivity contribution in [2.75, 3.05) is 43.6 Å². The van der Waals surface area contributed by atoms with E-state index in [2.05, 4.69) is 34.9 Å². The Balaban J connectivity index is 1.37. The number of piperazine rings is 1. The minimum absolute atomic E-state index is 0.0167. The van der Waals surface area contributed by atoms with E-state index in [9.17, 15) is 5.26 Å². The largest absolute Gasteiger partial charge is 0.486 e. The summed E-state index contributed by atoms with van der Waals surface area (Å²) in [6.45, 7) is 7.07. The third-order valence-corrected chi connectivity index (χ3v) is 12.4. The number of likely N-dealkylation sites (tertiary alicyclic amines) is 1. The lowest BCUT2D eigenvalue weighted by atomic mass is 9.96. The van der Waals surface area contributed by atoms with E-state index >= 15 is 8.78 Å². The molecular weight excluding hydrogens is 708 g/mol. The van der Waals surface area contributed by atoms with Gasteiger partial charge in [0.05, 0.1) is 39.3 Å². The first-order valence-corrected chi connectivity index (χ1v) is 18.4. The van der Waals surface area contributed by atoms with Crippen molar-refractivity contribution in [3.63, 3.8) is 0 Å². The molecule has 2 saturated heterocycles. The third-order valence-electron chi connectivity index (χ3n) is 11.0. The SMILES string of the molecule is CC(Oc1nc2c3c(c(Cl)c(-c4ccc(F)c5sc(N)c(C#N)c45)c(F)c3n1)O[C@@H](C)CN2[C@H](C)c1cccnc1N)[C@@H]1[C@@H]2CC[C@H](CN1C)N2C. The molecule has 0 radical (unpaired) electrons. The molecule has 270 valence electrons. The Morgan fingerprint density at radius 3 is 2.65 bits per heavy atom. The van der Waals surface area contributed by atoms with Gasteiger partial charge in [0.15, 0.2) is 11.6 Å². The van der Waals surface area contributed by atoms with Gasteiger partial charge >= 0.3 is 6.01 Å². The quantitative estimate of drug-likeness (QED) is 0.190. The van der Waals surface area contributed by atoms with E-state index in [1.54, 1.807) is 6.20 Å². The molecule has 3 aliphatic heterocycles. The fourth-order valence-electron chi connectivity index (χ4n) is 8.57. The van der Waals surface area contributed by atoms with Gasteiger partial charge in [-0.25, -0.2) is 13.8 Å². The van der Waals surface area contributed by atoms with E-state index in [1.807, 2.05) is 37.8 Å². The van der Waals surface area contributed by atoms with Crippen LogP contribution in [-0.4, -0.2) is 82.3 Å². The lowest BCUT2D eigenvalue weighted by molar-refractivity contribution is -0.00952. The molecule has 2 fully saturated rings. The molecule has 52 heavy (non-hydrogen) atoms. The Bertz CT molecular complexity index is 2300. The van der Waals surface area contributed by atoms with Crippen LogP contribution in [0, 0.1) is 23.0 Å². The number of pyridine rings is 1. The number of aromatic nitrogens is 3. The smallest absolute Gasteiger partial charge is 0.319 e. The predicted octanol–water partition coefficient (Wildman–Crippen LogP) is 6.77. The number of nitriles is 1. The molecule has 0 amide bonds. The fraction of sp³-hybridized carbons (Fsp3) is 0.405. The van der Waals surface area contributed by atoms with Crippen LogP contribution in [0.4, 0.5) is 25.4 Å². The molecule has 0 aliphatic carbocycles. The van der Waals surface area contributed by atoms with E-state index in [1.165, 1.54) is 12.1 Å². The number of likely N-dealkylation sites (N-methyl/N-ethyl adjacent to an activating group) is 2. The second kappa shape index (κ2) is 12.8. The van der Waals surface area contributed by atoms with Crippen LogP contribution in [-0.2, 0) is 0 Å². The van der Waals surface area contributed by atoms with Gasteiger partial charge in [0.2, 0.25) is 0 Å². The van der Waals surface area contributed by atoms with Crippen LogP contribution in [0.25, 0.3) is 32.1 Å². The zero-order valence-corrected chi connectivity index (χ0v) is 30.9. The average molecular weight is 746 g/mol. The van der Waals surface area contributed by atoms with Gasteiger partial charge in [-0.1, -0.05) is 23.7 Å². The number of nitrogens with two attached hydrogens (primary N) is 2. The normalized spacial score (nSPS) is 23.0. The van der Waals surface area contributed by atoms with Crippen LogP contribution in [0.1, 0.15) is 50.8 Å².